The van der Waals surface area contributed by atoms with E-state index in [4.69, 9.17) is 4.42 Å². The molecule has 0 atom stereocenters. The van der Waals surface area contributed by atoms with Gasteiger partial charge in [-0.1, -0.05) is 18.2 Å². The van der Waals surface area contributed by atoms with Crippen molar-refractivity contribution in [2.45, 2.75) is 6.18 Å². The Balaban J connectivity index is 1.78. The first-order chi connectivity index (χ1) is 13.3. The van der Waals surface area contributed by atoms with Gasteiger partial charge in [0.2, 0.25) is 0 Å². The van der Waals surface area contributed by atoms with Gasteiger partial charge in [-0.25, -0.2) is 4.79 Å². The van der Waals surface area contributed by atoms with Crippen molar-refractivity contribution < 1.29 is 22.4 Å². The number of rotatable bonds is 2. The molecule has 28 heavy (non-hydrogen) atoms. The molecule has 0 saturated heterocycles. The van der Waals surface area contributed by atoms with Crippen LogP contribution in [0.2, 0.25) is 0 Å². The van der Waals surface area contributed by atoms with Crippen LogP contribution in [0.15, 0.2) is 63.8 Å². The number of alkyl halides is 3. The summed E-state index contributed by atoms with van der Waals surface area (Å²) in [5.41, 5.74) is -0.889. The number of benzene rings is 2. The van der Waals surface area contributed by atoms with E-state index in [2.05, 4.69) is 0 Å². The highest BCUT2D eigenvalue weighted by Crippen LogP contribution is 2.34. The molecule has 0 saturated carbocycles. The van der Waals surface area contributed by atoms with Crippen LogP contribution in [0.1, 0.15) is 15.2 Å². The summed E-state index contributed by atoms with van der Waals surface area (Å²) in [5.74, 6) is -0.510. The monoisotopic (exact) mass is 403 g/mol. The predicted molar refractivity (Wildman–Crippen MR) is 102 cm³/mol. The molecule has 4 nitrogen and oxygen atoms in total. The van der Waals surface area contributed by atoms with Gasteiger partial charge in [-0.15, -0.1) is 11.3 Å². The number of thiophene rings is 1. The zero-order chi connectivity index (χ0) is 20.1. The van der Waals surface area contributed by atoms with Crippen LogP contribution in [0.4, 0.5) is 18.9 Å². The fraction of sp³-hybridized carbons (Fsp3) is 0.100. The molecule has 142 valence electrons. The number of carbonyl (C=O) groups excluding carboxylic acids is 1. The van der Waals surface area contributed by atoms with Crippen LogP contribution in [0.3, 0.4) is 0 Å². The molecule has 2 heterocycles. The minimum absolute atomic E-state index is 0.106. The highest BCUT2D eigenvalue weighted by Gasteiger charge is 2.31. The molecule has 4 aromatic rings. The van der Waals surface area contributed by atoms with Crippen LogP contribution in [0.5, 0.6) is 0 Å². The maximum atomic E-state index is 12.9. The van der Waals surface area contributed by atoms with Gasteiger partial charge in [0.05, 0.1) is 20.5 Å². The number of nitrogens with zero attached hydrogens (tertiary/aromatic N) is 1. The minimum atomic E-state index is -4.50. The van der Waals surface area contributed by atoms with E-state index >= 15 is 0 Å². The lowest BCUT2D eigenvalue weighted by atomic mass is 10.1. The van der Waals surface area contributed by atoms with Gasteiger partial charge >= 0.3 is 11.8 Å². The fourth-order valence-corrected chi connectivity index (χ4v) is 4.07. The molecule has 4 rings (SSSR count). The number of para-hydroxylation sites is 1. The van der Waals surface area contributed by atoms with Gasteiger partial charge in [-0.05, 0) is 36.4 Å². The third-order valence-electron chi connectivity index (χ3n) is 4.36. The van der Waals surface area contributed by atoms with Crippen molar-refractivity contribution in [3.63, 3.8) is 0 Å². The molecular formula is C20H12F3NO3S. The van der Waals surface area contributed by atoms with Crippen molar-refractivity contribution in [1.82, 2.24) is 0 Å². The molecule has 2 aromatic carbocycles. The summed E-state index contributed by atoms with van der Waals surface area (Å²) in [6, 6.07) is 12.9. The van der Waals surface area contributed by atoms with Crippen LogP contribution in [0.25, 0.3) is 21.1 Å². The molecular weight excluding hydrogens is 391 g/mol. The molecule has 0 fully saturated rings. The van der Waals surface area contributed by atoms with Crippen molar-refractivity contribution in [1.29, 1.82) is 0 Å². The van der Waals surface area contributed by atoms with Crippen LogP contribution < -0.4 is 10.5 Å². The molecule has 0 aliphatic carbocycles. The highest BCUT2D eigenvalue weighted by molar-refractivity contribution is 7.21. The standard InChI is InChI=1S/C20H12F3NO3S/c1-24(12-6-4-5-11(9-12)20(21,22)23)18(25)16-10-14-17(28-16)13-7-2-3-8-15(13)27-19(14)26/h2-10H,1H3. The Kier molecular flexibility index (Phi) is 4.23. The number of anilines is 1. The van der Waals surface area contributed by atoms with Crippen LogP contribution in [-0.4, -0.2) is 13.0 Å². The number of amides is 1. The molecule has 1 amide bonds. The largest absolute Gasteiger partial charge is 0.422 e. The van der Waals surface area contributed by atoms with E-state index < -0.39 is 23.3 Å². The normalized spacial score (nSPS) is 11.9. The fourth-order valence-electron chi connectivity index (χ4n) is 2.92. The molecule has 2 aromatic heterocycles. The number of carbonyl (C=O) groups is 1. The second-order valence-electron chi connectivity index (χ2n) is 6.15. The summed E-state index contributed by atoms with van der Waals surface area (Å²) >= 11 is 1.11. The summed E-state index contributed by atoms with van der Waals surface area (Å²) in [4.78, 5) is 26.4. The number of hydrogen-bond acceptors (Lipinski definition) is 4. The van der Waals surface area contributed by atoms with Crippen LogP contribution in [-0.2, 0) is 6.18 Å². The Bertz CT molecular complexity index is 1270. The van der Waals surface area contributed by atoms with E-state index in [0.29, 0.717) is 15.7 Å². The lowest BCUT2D eigenvalue weighted by molar-refractivity contribution is -0.137. The van der Waals surface area contributed by atoms with E-state index in [9.17, 15) is 22.8 Å². The third kappa shape index (κ3) is 3.05. The molecule has 0 bridgehead atoms. The van der Waals surface area contributed by atoms with Gasteiger partial charge in [-0.2, -0.15) is 13.2 Å². The zero-order valence-corrected chi connectivity index (χ0v) is 15.2. The first-order valence-corrected chi connectivity index (χ1v) is 8.98. The van der Waals surface area contributed by atoms with Crippen LogP contribution in [0, 0.1) is 0 Å². The lowest BCUT2D eigenvalue weighted by Crippen LogP contribution is -2.25. The van der Waals surface area contributed by atoms with E-state index in [0.717, 1.165) is 28.4 Å². The lowest BCUT2D eigenvalue weighted by Gasteiger charge is -2.18. The average Bonchev–Trinajstić information content (AvgIpc) is 3.13. The summed E-state index contributed by atoms with van der Waals surface area (Å²) in [6.07, 6.45) is -4.50. The van der Waals surface area contributed by atoms with Crippen molar-refractivity contribution in [3.05, 3.63) is 75.5 Å². The first-order valence-electron chi connectivity index (χ1n) is 8.16. The van der Waals surface area contributed by atoms with Crippen molar-refractivity contribution in [3.8, 4) is 0 Å². The Morgan fingerprint density at radius 3 is 2.54 bits per heavy atom. The van der Waals surface area contributed by atoms with Gasteiger partial charge in [0.1, 0.15) is 5.58 Å². The summed E-state index contributed by atoms with van der Waals surface area (Å²) in [6.45, 7) is 0. The molecule has 8 heteroatoms. The van der Waals surface area contributed by atoms with Crippen LogP contribution >= 0.6 is 11.3 Å². The number of fused-ring (bicyclic) bond motifs is 3. The number of halogens is 3. The topological polar surface area (TPSA) is 50.5 Å². The zero-order valence-electron chi connectivity index (χ0n) is 14.4. The molecule has 0 aliphatic rings. The van der Waals surface area contributed by atoms with E-state index in [1.54, 1.807) is 24.3 Å². The Hall–Kier alpha value is -3.13. The maximum Gasteiger partial charge on any atom is 0.416 e. The molecule has 0 unspecified atom stereocenters. The Labute approximate surface area is 160 Å². The van der Waals surface area contributed by atoms with Gasteiger partial charge in [0.25, 0.3) is 5.91 Å². The average molecular weight is 403 g/mol. The Morgan fingerprint density at radius 1 is 1.04 bits per heavy atom. The molecule has 0 spiro atoms. The molecule has 0 aliphatic heterocycles. The van der Waals surface area contributed by atoms with Gasteiger partial charge < -0.3 is 9.32 Å². The first kappa shape index (κ1) is 18.2. The summed E-state index contributed by atoms with van der Waals surface area (Å²) in [5, 5.41) is 0.965. The van der Waals surface area contributed by atoms with E-state index in [1.807, 2.05) is 0 Å². The summed E-state index contributed by atoms with van der Waals surface area (Å²) in [7, 11) is 1.39. The van der Waals surface area contributed by atoms with Gasteiger partial charge in [-0.3, -0.25) is 4.79 Å². The second kappa shape index (κ2) is 6.49. The maximum absolute atomic E-state index is 12.9. The summed E-state index contributed by atoms with van der Waals surface area (Å²) < 4.78 is 44.7. The smallest absolute Gasteiger partial charge is 0.416 e. The van der Waals surface area contributed by atoms with Crippen molar-refractivity contribution >= 4 is 44.0 Å². The third-order valence-corrected chi connectivity index (χ3v) is 5.52. The molecule has 0 N–H and O–H groups in total. The van der Waals surface area contributed by atoms with Gasteiger partial charge in [0.15, 0.2) is 0 Å². The molecule has 0 radical (unpaired) electrons. The highest BCUT2D eigenvalue weighted by atomic mass is 32.1. The predicted octanol–water partition coefficient (Wildman–Crippen LogP) is 5.30. The SMILES string of the molecule is CN(C(=O)c1cc2c(=O)oc3ccccc3c2s1)c1cccc(C(F)(F)F)c1. The van der Waals surface area contributed by atoms with Gasteiger partial charge in [0, 0.05) is 18.1 Å². The quantitative estimate of drug-likeness (QED) is 0.427. The van der Waals surface area contributed by atoms with E-state index in [1.165, 1.54) is 25.2 Å². The second-order valence-corrected chi connectivity index (χ2v) is 7.20. The van der Waals surface area contributed by atoms with Crippen molar-refractivity contribution in [2.24, 2.45) is 0 Å². The van der Waals surface area contributed by atoms with E-state index in [-0.39, 0.29) is 16.0 Å². The Morgan fingerprint density at radius 2 is 1.79 bits per heavy atom. The minimum Gasteiger partial charge on any atom is -0.422 e. The number of hydrogen-bond donors (Lipinski definition) is 0. The van der Waals surface area contributed by atoms with Crippen molar-refractivity contribution in [2.75, 3.05) is 11.9 Å².